The Morgan fingerprint density at radius 1 is 1.39 bits per heavy atom. The molecule has 1 atom stereocenters. The zero-order valence-corrected chi connectivity index (χ0v) is 14.5. The van der Waals surface area contributed by atoms with Gasteiger partial charge in [-0.05, 0) is 44.0 Å². The smallest absolute Gasteiger partial charge is 0.251 e. The molecule has 6 heteroatoms. The largest absolute Gasteiger partial charge is 0.352 e. The summed E-state index contributed by atoms with van der Waals surface area (Å²) in [5.74, 6) is 0.0558. The SMILES string of the molecule is CN(C)C(=O)C1CCCN1CCCNC(=O)c1cccc(Cl)c1. The fourth-order valence-electron chi connectivity index (χ4n) is 2.89. The molecule has 1 fully saturated rings. The Morgan fingerprint density at radius 2 is 2.17 bits per heavy atom. The Hall–Kier alpha value is -1.59. The maximum Gasteiger partial charge on any atom is 0.251 e. The van der Waals surface area contributed by atoms with Gasteiger partial charge in [0, 0.05) is 37.8 Å². The normalized spacial score (nSPS) is 18.0. The number of rotatable bonds is 6. The third-order valence-corrected chi connectivity index (χ3v) is 4.32. The van der Waals surface area contributed by atoms with Gasteiger partial charge >= 0.3 is 0 Å². The average molecular weight is 338 g/mol. The minimum Gasteiger partial charge on any atom is -0.352 e. The Balaban J connectivity index is 1.74. The van der Waals surface area contributed by atoms with Gasteiger partial charge in [-0.1, -0.05) is 17.7 Å². The highest BCUT2D eigenvalue weighted by Gasteiger charge is 2.30. The Kier molecular flexibility index (Phi) is 6.42. The summed E-state index contributed by atoms with van der Waals surface area (Å²) in [4.78, 5) is 28.0. The number of hydrogen-bond donors (Lipinski definition) is 1. The molecule has 0 aliphatic carbocycles. The number of benzene rings is 1. The van der Waals surface area contributed by atoms with Gasteiger partial charge in [0.1, 0.15) is 0 Å². The summed E-state index contributed by atoms with van der Waals surface area (Å²) >= 11 is 5.88. The summed E-state index contributed by atoms with van der Waals surface area (Å²) in [6, 6.07) is 6.90. The molecule has 2 rings (SSSR count). The summed E-state index contributed by atoms with van der Waals surface area (Å²) in [6.45, 7) is 2.36. The van der Waals surface area contributed by atoms with Gasteiger partial charge in [-0.15, -0.1) is 0 Å². The molecule has 0 bridgehead atoms. The summed E-state index contributed by atoms with van der Waals surface area (Å²) in [7, 11) is 3.59. The third-order valence-electron chi connectivity index (χ3n) is 4.08. The molecule has 1 saturated heterocycles. The maximum atomic E-state index is 12.1. The lowest BCUT2D eigenvalue weighted by atomic mass is 10.2. The molecular weight excluding hydrogens is 314 g/mol. The second-order valence-electron chi connectivity index (χ2n) is 6.05. The van der Waals surface area contributed by atoms with E-state index in [9.17, 15) is 9.59 Å². The molecule has 1 aliphatic heterocycles. The molecule has 1 aromatic rings. The summed E-state index contributed by atoms with van der Waals surface area (Å²) in [6.07, 6.45) is 2.80. The van der Waals surface area contributed by atoms with Crippen molar-refractivity contribution >= 4 is 23.4 Å². The molecule has 0 spiro atoms. The minimum atomic E-state index is -0.116. The van der Waals surface area contributed by atoms with E-state index in [-0.39, 0.29) is 17.9 Å². The van der Waals surface area contributed by atoms with Gasteiger partial charge in [-0.3, -0.25) is 14.5 Å². The topological polar surface area (TPSA) is 52.7 Å². The van der Waals surface area contributed by atoms with Crippen LogP contribution in [0, 0.1) is 0 Å². The minimum absolute atomic E-state index is 0.00590. The first-order chi connectivity index (χ1) is 11.0. The van der Waals surface area contributed by atoms with E-state index in [1.54, 1.807) is 43.3 Å². The Bertz CT molecular complexity index is 563. The number of amides is 2. The molecule has 0 radical (unpaired) electrons. The van der Waals surface area contributed by atoms with Gasteiger partial charge in [-0.2, -0.15) is 0 Å². The number of nitrogens with one attached hydrogen (secondary N) is 1. The first kappa shape index (κ1) is 17.8. The molecule has 1 N–H and O–H groups in total. The molecule has 1 heterocycles. The second-order valence-corrected chi connectivity index (χ2v) is 6.48. The van der Waals surface area contributed by atoms with Crippen LogP contribution in [0.1, 0.15) is 29.6 Å². The fraction of sp³-hybridized carbons (Fsp3) is 0.529. The number of carbonyl (C=O) groups excluding carboxylic acids is 2. The summed E-state index contributed by atoms with van der Waals surface area (Å²) < 4.78 is 0. The van der Waals surface area contributed by atoms with Gasteiger partial charge in [0.15, 0.2) is 0 Å². The van der Waals surface area contributed by atoms with Crippen molar-refractivity contribution in [2.24, 2.45) is 0 Å². The lowest BCUT2D eigenvalue weighted by Gasteiger charge is -2.26. The molecule has 0 saturated carbocycles. The van der Waals surface area contributed by atoms with Gasteiger partial charge in [0.2, 0.25) is 5.91 Å². The van der Waals surface area contributed by atoms with E-state index in [2.05, 4.69) is 10.2 Å². The highest BCUT2D eigenvalue weighted by atomic mass is 35.5. The summed E-state index contributed by atoms with van der Waals surface area (Å²) in [5, 5.41) is 3.45. The number of likely N-dealkylation sites (tertiary alicyclic amines) is 1. The van der Waals surface area contributed by atoms with Crippen molar-refractivity contribution < 1.29 is 9.59 Å². The van der Waals surface area contributed by atoms with Crippen molar-refractivity contribution in [1.82, 2.24) is 15.1 Å². The Labute approximate surface area is 142 Å². The highest BCUT2D eigenvalue weighted by molar-refractivity contribution is 6.30. The lowest BCUT2D eigenvalue weighted by Crippen LogP contribution is -2.43. The van der Waals surface area contributed by atoms with E-state index in [1.807, 2.05) is 0 Å². The zero-order valence-electron chi connectivity index (χ0n) is 13.7. The van der Waals surface area contributed by atoms with Crippen LogP contribution in [-0.2, 0) is 4.79 Å². The number of carbonyl (C=O) groups is 2. The van der Waals surface area contributed by atoms with Crippen molar-refractivity contribution in [3.8, 4) is 0 Å². The zero-order chi connectivity index (χ0) is 16.8. The van der Waals surface area contributed by atoms with Gasteiger partial charge in [0.05, 0.1) is 6.04 Å². The molecule has 2 amide bonds. The second kappa shape index (κ2) is 8.31. The van der Waals surface area contributed by atoms with Gasteiger partial charge < -0.3 is 10.2 Å². The van der Waals surface area contributed by atoms with Crippen molar-refractivity contribution in [3.63, 3.8) is 0 Å². The quantitative estimate of drug-likeness (QED) is 0.808. The molecule has 1 aromatic carbocycles. The molecule has 23 heavy (non-hydrogen) atoms. The van der Waals surface area contributed by atoms with Crippen LogP contribution in [0.4, 0.5) is 0 Å². The number of likely N-dealkylation sites (N-methyl/N-ethyl adjacent to an activating group) is 1. The van der Waals surface area contributed by atoms with Crippen molar-refractivity contribution in [2.75, 3.05) is 33.7 Å². The predicted octanol–water partition coefficient (Wildman–Crippen LogP) is 2.01. The van der Waals surface area contributed by atoms with Crippen molar-refractivity contribution in [3.05, 3.63) is 34.9 Å². The third kappa shape index (κ3) is 4.94. The molecule has 1 unspecified atom stereocenters. The monoisotopic (exact) mass is 337 g/mol. The van der Waals surface area contributed by atoms with Crippen LogP contribution in [0.3, 0.4) is 0 Å². The van der Waals surface area contributed by atoms with E-state index in [0.717, 1.165) is 32.4 Å². The van der Waals surface area contributed by atoms with E-state index in [0.29, 0.717) is 17.1 Å². The number of halogens is 1. The highest BCUT2D eigenvalue weighted by Crippen LogP contribution is 2.18. The first-order valence-electron chi connectivity index (χ1n) is 7.98. The van der Waals surface area contributed by atoms with Gasteiger partial charge in [0.25, 0.3) is 5.91 Å². The van der Waals surface area contributed by atoms with Crippen LogP contribution in [0.15, 0.2) is 24.3 Å². The molecule has 1 aliphatic rings. The predicted molar refractivity (Wildman–Crippen MR) is 91.7 cm³/mol. The van der Waals surface area contributed by atoms with Crippen molar-refractivity contribution in [1.29, 1.82) is 0 Å². The number of hydrogen-bond acceptors (Lipinski definition) is 3. The van der Waals surface area contributed by atoms with E-state index >= 15 is 0 Å². The summed E-state index contributed by atoms with van der Waals surface area (Å²) in [5.41, 5.74) is 0.569. The lowest BCUT2D eigenvalue weighted by molar-refractivity contribution is -0.133. The van der Waals surface area contributed by atoms with E-state index < -0.39 is 0 Å². The molecule has 0 aromatic heterocycles. The maximum absolute atomic E-state index is 12.1. The average Bonchev–Trinajstić information content (AvgIpc) is 2.98. The van der Waals surface area contributed by atoms with E-state index in [4.69, 9.17) is 11.6 Å². The van der Waals surface area contributed by atoms with Crippen LogP contribution in [-0.4, -0.2) is 61.4 Å². The van der Waals surface area contributed by atoms with Crippen LogP contribution in [0.5, 0.6) is 0 Å². The fourth-order valence-corrected chi connectivity index (χ4v) is 3.08. The molecule has 126 valence electrons. The standard InChI is InChI=1S/C17H24ClN3O2/c1-20(2)17(23)15-8-4-10-21(15)11-5-9-19-16(22)13-6-3-7-14(18)12-13/h3,6-7,12,15H,4-5,8-11H2,1-2H3,(H,19,22). The Morgan fingerprint density at radius 3 is 2.87 bits per heavy atom. The van der Waals surface area contributed by atoms with E-state index in [1.165, 1.54) is 0 Å². The van der Waals surface area contributed by atoms with Crippen molar-refractivity contribution in [2.45, 2.75) is 25.3 Å². The van der Waals surface area contributed by atoms with Crippen LogP contribution in [0.25, 0.3) is 0 Å². The van der Waals surface area contributed by atoms with Crippen LogP contribution >= 0.6 is 11.6 Å². The number of nitrogens with zero attached hydrogens (tertiary/aromatic N) is 2. The molecule has 5 nitrogen and oxygen atoms in total. The van der Waals surface area contributed by atoms with Gasteiger partial charge in [-0.25, -0.2) is 0 Å². The van der Waals surface area contributed by atoms with Crippen LogP contribution in [0.2, 0.25) is 5.02 Å². The first-order valence-corrected chi connectivity index (χ1v) is 8.36. The molecular formula is C17H24ClN3O2. The van der Waals surface area contributed by atoms with Crippen LogP contribution < -0.4 is 5.32 Å².